The van der Waals surface area contributed by atoms with Gasteiger partial charge in [-0.25, -0.2) is 13.6 Å². The maximum absolute atomic E-state index is 14.0. The molecule has 11 heteroatoms. The molecule has 0 aliphatic carbocycles. The largest absolute Gasteiger partial charge is 0.469 e. The van der Waals surface area contributed by atoms with Crippen molar-refractivity contribution in [3.63, 3.8) is 0 Å². The highest BCUT2D eigenvalue weighted by molar-refractivity contribution is 5.93. The van der Waals surface area contributed by atoms with E-state index in [4.69, 9.17) is 14.0 Å². The van der Waals surface area contributed by atoms with Crippen molar-refractivity contribution in [2.75, 3.05) is 20.2 Å². The number of carbonyl (C=O) groups excluding carboxylic acids is 3. The van der Waals surface area contributed by atoms with Crippen LogP contribution in [0.5, 0.6) is 0 Å². The first-order valence-corrected chi connectivity index (χ1v) is 10.3. The molecule has 1 fully saturated rings. The number of nitrogens with zero attached hydrogens (tertiary/aromatic N) is 2. The molecule has 1 aliphatic rings. The van der Waals surface area contributed by atoms with Gasteiger partial charge in [-0.2, -0.15) is 0 Å². The van der Waals surface area contributed by atoms with Gasteiger partial charge in [-0.15, -0.1) is 0 Å². The summed E-state index contributed by atoms with van der Waals surface area (Å²) >= 11 is 0. The van der Waals surface area contributed by atoms with E-state index in [0.29, 0.717) is 6.07 Å². The number of carbonyl (C=O) groups is 3. The van der Waals surface area contributed by atoms with Gasteiger partial charge >= 0.3 is 12.1 Å². The SMILES string of the molecule is COC(=O)C1CN(C(=O)OC(C)(C)C)CCC1NC(=O)c1cc(-c2ccc(F)cc2F)on1. The van der Waals surface area contributed by atoms with Gasteiger partial charge in [0.05, 0.1) is 18.6 Å². The van der Waals surface area contributed by atoms with E-state index in [1.165, 1.54) is 24.1 Å². The first-order valence-electron chi connectivity index (χ1n) is 10.3. The molecular weight excluding hydrogens is 440 g/mol. The molecule has 2 unspecified atom stereocenters. The summed E-state index contributed by atoms with van der Waals surface area (Å²) in [5.74, 6) is -3.75. The van der Waals surface area contributed by atoms with E-state index in [-0.39, 0.29) is 36.5 Å². The minimum Gasteiger partial charge on any atom is -0.469 e. The molecule has 2 amide bonds. The van der Waals surface area contributed by atoms with Gasteiger partial charge in [0, 0.05) is 31.3 Å². The highest BCUT2D eigenvalue weighted by Gasteiger charge is 2.39. The van der Waals surface area contributed by atoms with E-state index in [9.17, 15) is 23.2 Å². The van der Waals surface area contributed by atoms with Crippen LogP contribution in [0.25, 0.3) is 11.3 Å². The molecule has 3 rings (SSSR count). The maximum atomic E-state index is 14.0. The molecule has 9 nitrogen and oxygen atoms in total. The zero-order chi connectivity index (χ0) is 24.3. The summed E-state index contributed by atoms with van der Waals surface area (Å²) in [6.45, 7) is 5.45. The molecule has 1 saturated heterocycles. The van der Waals surface area contributed by atoms with Gasteiger partial charge in [0.2, 0.25) is 0 Å². The number of piperidine rings is 1. The summed E-state index contributed by atoms with van der Waals surface area (Å²) in [5.41, 5.74) is -0.898. The Balaban J connectivity index is 1.71. The Morgan fingerprint density at radius 2 is 1.94 bits per heavy atom. The molecule has 33 heavy (non-hydrogen) atoms. The normalized spacial score (nSPS) is 18.5. The number of aromatic nitrogens is 1. The van der Waals surface area contributed by atoms with Crippen LogP contribution in [-0.4, -0.2) is 59.9 Å². The van der Waals surface area contributed by atoms with Gasteiger partial charge in [-0.05, 0) is 39.3 Å². The zero-order valence-electron chi connectivity index (χ0n) is 18.7. The first-order chi connectivity index (χ1) is 15.5. The number of methoxy groups -OCH3 is 1. The number of halogens is 2. The second-order valence-electron chi connectivity index (χ2n) is 8.63. The molecule has 2 aromatic rings. The molecule has 1 aromatic carbocycles. The zero-order valence-corrected chi connectivity index (χ0v) is 18.7. The van der Waals surface area contributed by atoms with Crippen LogP contribution < -0.4 is 5.32 Å². The molecule has 0 bridgehead atoms. The number of esters is 1. The van der Waals surface area contributed by atoms with Crippen LogP contribution in [0.2, 0.25) is 0 Å². The third-order valence-corrected chi connectivity index (χ3v) is 5.02. The summed E-state index contributed by atoms with van der Waals surface area (Å²) < 4.78 is 42.3. The molecule has 0 radical (unpaired) electrons. The van der Waals surface area contributed by atoms with E-state index in [2.05, 4.69) is 10.5 Å². The second-order valence-corrected chi connectivity index (χ2v) is 8.63. The van der Waals surface area contributed by atoms with Crippen molar-refractivity contribution in [3.8, 4) is 11.3 Å². The molecule has 1 aliphatic heterocycles. The highest BCUT2D eigenvalue weighted by Crippen LogP contribution is 2.25. The standard InChI is InChI=1S/C22H25F2N3O6/c1-22(2,3)32-21(30)27-8-7-16(14(11-27)20(29)31-4)25-19(28)17-10-18(33-26-17)13-6-5-12(23)9-15(13)24/h5-6,9-10,14,16H,7-8,11H2,1-4H3,(H,25,28). The van der Waals surface area contributed by atoms with E-state index in [1.54, 1.807) is 20.8 Å². The number of hydrogen-bond acceptors (Lipinski definition) is 7. The van der Waals surface area contributed by atoms with Gasteiger partial charge in [0.1, 0.15) is 17.2 Å². The predicted octanol–water partition coefficient (Wildman–Crippen LogP) is 3.15. The van der Waals surface area contributed by atoms with Crippen molar-refractivity contribution >= 4 is 18.0 Å². The molecular formula is C22H25F2N3O6. The van der Waals surface area contributed by atoms with Crippen molar-refractivity contribution < 1.29 is 37.2 Å². The third-order valence-electron chi connectivity index (χ3n) is 5.02. The molecule has 0 spiro atoms. The van der Waals surface area contributed by atoms with Gasteiger partial charge in [0.25, 0.3) is 5.91 Å². The van der Waals surface area contributed by atoms with Crippen molar-refractivity contribution in [3.05, 3.63) is 41.6 Å². The van der Waals surface area contributed by atoms with Gasteiger partial charge in [-0.3, -0.25) is 9.59 Å². The molecule has 1 N–H and O–H groups in total. The molecule has 2 heterocycles. The molecule has 2 atom stereocenters. The Morgan fingerprint density at radius 1 is 1.21 bits per heavy atom. The van der Waals surface area contributed by atoms with Crippen LogP contribution in [0.3, 0.4) is 0 Å². The Bertz CT molecular complexity index is 1050. The maximum Gasteiger partial charge on any atom is 0.410 e. The van der Waals surface area contributed by atoms with Crippen LogP contribution in [0, 0.1) is 17.6 Å². The van der Waals surface area contributed by atoms with Crippen LogP contribution in [0.1, 0.15) is 37.7 Å². The lowest BCUT2D eigenvalue weighted by atomic mass is 9.92. The van der Waals surface area contributed by atoms with Crippen LogP contribution >= 0.6 is 0 Å². The lowest BCUT2D eigenvalue weighted by Crippen LogP contribution is -2.55. The lowest BCUT2D eigenvalue weighted by Gasteiger charge is -2.37. The number of nitrogens with one attached hydrogen (secondary N) is 1. The Hall–Kier alpha value is -3.50. The van der Waals surface area contributed by atoms with Gasteiger partial charge in [-0.1, -0.05) is 5.16 Å². The number of hydrogen-bond donors (Lipinski definition) is 1. The Labute approximate surface area is 189 Å². The smallest absolute Gasteiger partial charge is 0.410 e. The Morgan fingerprint density at radius 3 is 2.58 bits per heavy atom. The molecule has 178 valence electrons. The van der Waals surface area contributed by atoms with E-state index in [0.717, 1.165) is 6.07 Å². The number of rotatable bonds is 4. The molecule has 0 saturated carbocycles. The lowest BCUT2D eigenvalue weighted by molar-refractivity contribution is -0.148. The van der Waals surface area contributed by atoms with Crippen molar-refractivity contribution in [2.24, 2.45) is 5.92 Å². The fourth-order valence-corrected chi connectivity index (χ4v) is 3.45. The van der Waals surface area contributed by atoms with Crippen LogP contribution in [-0.2, 0) is 14.3 Å². The quantitative estimate of drug-likeness (QED) is 0.691. The average molecular weight is 465 g/mol. The monoisotopic (exact) mass is 465 g/mol. The fraction of sp³-hybridized carbons (Fsp3) is 0.455. The number of ether oxygens (including phenoxy) is 2. The average Bonchev–Trinajstić information content (AvgIpc) is 3.22. The third kappa shape index (κ3) is 5.85. The number of amides is 2. The van der Waals surface area contributed by atoms with E-state index < -0.39 is 47.2 Å². The minimum atomic E-state index is -0.863. The predicted molar refractivity (Wildman–Crippen MR) is 111 cm³/mol. The van der Waals surface area contributed by atoms with Gasteiger partial charge < -0.3 is 24.2 Å². The van der Waals surface area contributed by atoms with Crippen molar-refractivity contribution in [1.29, 1.82) is 0 Å². The van der Waals surface area contributed by atoms with Crippen LogP contribution in [0.15, 0.2) is 28.8 Å². The minimum absolute atomic E-state index is 0.00259. The summed E-state index contributed by atoms with van der Waals surface area (Å²) in [7, 11) is 1.22. The van der Waals surface area contributed by atoms with E-state index in [1.807, 2.05) is 0 Å². The molecule has 1 aromatic heterocycles. The Kier molecular flexibility index (Phi) is 6.99. The second kappa shape index (κ2) is 9.55. The topological polar surface area (TPSA) is 111 Å². The van der Waals surface area contributed by atoms with Crippen molar-refractivity contribution in [2.45, 2.75) is 38.8 Å². The summed E-state index contributed by atoms with van der Waals surface area (Å²) in [6, 6.07) is 3.49. The number of likely N-dealkylation sites (tertiary alicyclic amines) is 1. The first kappa shape index (κ1) is 24.1. The summed E-state index contributed by atoms with van der Waals surface area (Å²) in [4.78, 5) is 38.8. The fourth-order valence-electron chi connectivity index (χ4n) is 3.45. The van der Waals surface area contributed by atoms with Gasteiger partial charge in [0.15, 0.2) is 11.5 Å². The van der Waals surface area contributed by atoms with Crippen LogP contribution in [0.4, 0.5) is 13.6 Å². The summed E-state index contributed by atoms with van der Waals surface area (Å²) in [6.07, 6.45) is -0.300. The van der Waals surface area contributed by atoms with Crippen molar-refractivity contribution in [1.82, 2.24) is 15.4 Å². The highest BCUT2D eigenvalue weighted by atomic mass is 19.1. The number of benzene rings is 1. The summed E-state index contributed by atoms with van der Waals surface area (Å²) in [5, 5.41) is 6.35. The van der Waals surface area contributed by atoms with E-state index >= 15 is 0 Å².